The number of carbonyl (C=O) groups excluding carboxylic acids is 2. The zero-order valence-corrected chi connectivity index (χ0v) is 11.7. The molecule has 0 bridgehead atoms. The van der Waals surface area contributed by atoms with Crippen molar-refractivity contribution in [1.82, 2.24) is 4.90 Å². The molecule has 0 saturated carbocycles. The van der Waals surface area contributed by atoms with E-state index in [1.165, 1.54) is 0 Å². The fourth-order valence-corrected chi connectivity index (χ4v) is 2.51. The summed E-state index contributed by atoms with van der Waals surface area (Å²) in [7, 11) is 0. The van der Waals surface area contributed by atoms with Crippen molar-refractivity contribution in [2.75, 3.05) is 18.9 Å². The van der Waals surface area contributed by atoms with Crippen molar-refractivity contribution in [1.29, 1.82) is 0 Å². The smallest absolute Gasteiger partial charge is 0.328 e. The second-order valence-corrected chi connectivity index (χ2v) is 4.87. The molecule has 1 aromatic carbocycles. The number of likely N-dealkylation sites (tertiary alicyclic amines) is 1. The Labute approximate surface area is 118 Å². The van der Waals surface area contributed by atoms with Crippen molar-refractivity contribution in [2.45, 2.75) is 32.2 Å². The largest absolute Gasteiger partial charge is 0.464 e. The number of carbonyl (C=O) groups is 2. The minimum Gasteiger partial charge on any atom is -0.464 e. The van der Waals surface area contributed by atoms with Crippen LogP contribution < -0.4 is 5.73 Å². The highest BCUT2D eigenvalue weighted by Crippen LogP contribution is 2.21. The van der Waals surface area contributed by atoms with Gasteiger partial charge in [0.25, 0.3) is 0 Å². The zero-order chi connectivity index (χ0) is 14.5. The lowest BCUT2D eigenvalue weighted by Crippen LogP contribution is -2.42. The topological polar surface area (TPSA) is 72.6 Å². The summed E-state index contributed by atoms with van der Waals surface area (Å²) in [5.41, 5.74) is 7.25. The van der Waals surface area contributed by atoms with E-state index in [2.05, 4.69) is 0 Å². The maximum Gasteiger partial charge on any atom is 0.328 e. The lowest BCUT2D eigenvalue weighted by atomic mass is 10.1. The van der Waals surface area contributed by atoms with Gasteiger partial charge in [-0.15, -0.1) is 0 Å². The zero-order valence-electron chi connectivity index (χ0n) is 11.7. The average Bonchev–Trinajstić information content (AvgIpc) is 2.91. The summed E-state index contributed by atoms with van der Waals surface area (Å²) in [5.74, 6) is -0.377. The van der Waals surface area contributed by atoms with Gasteiger partial charge in [-0.25, -0.2) is 4.79 Å². The summed E-state index contributed by atoms with van der Waals surface area (Å²) >= 11 is 0. The minimum atomic E-state index is -0.438. The third-order valence-electron chi connectivity index (χ3n) is 3.53. The Morgan fingerprint density at radius 3 is 2.85 bits per heavy atom. The van der Waals surface area contributed by atoms with Crippen molar-refractivity contribution in [3.63, 3.8) is 0 Å². The Balaban J connectivity index is 2.05. The van der Waals surface area contributed by atoms with Crippen LogP contribution in [0, 0.1) is 0 Å². The summed E-state index contributed by atoms with van der Waals surface area (Å²) in [5, 5.41) is 0. The Morgan fingerprint density at radius 2 is 2.15 bits per heavy atom. The molecule has 1 aromatic rings. The fraction of sp³-hybridized carbons (Fsp3) is 0.467. The molecule has 2 N–H and O–H groups in total. The molecule has 1 atom stereocenters. The number of benzene rings is 1. The summed E-state index contributed by atoms with van der Waals surface area (Å²) in [6.45, 7) is 2.71. The van der Waals surface area contributed by atoms with E-state index >= 15 is 0 Å². The van der Waals surface area contributed by atoms with Crippen LogP contribution in [0.4, 0.5) is 5.69 Å². The third-order valence-corrected chi connectivity index (χ3v) is 3.53. The third kappa shape index (κ3) is 3.10. The van der Waals surface area contributed by atoms with E-state index in [-0.39, 0.29) is 18.3 Å². The molecule has 1 amide bonds. The maximum absolute atomic E-state index is 12.3. The van der Waals surface area contributed by atoms with Crippen molar-refractivity contribution in [3.05, 3.63) is 29.8 Å². The van der Waals surface area contributed by atoms with Gasteiger partial charge in [-0.1, -0.05) is 18.2 Å². The van der Waals surface area contributed by atoms with Crippen LogP contribution in [-0.4, -0.2) is 36.0 Å². The molecule has 0 aliphatic carbocycles. The number of anilines is 1. The van der Waals surface area contributed by atoms with Crippen molar-refractivity contribution in [3.8, 4) is 0 Å². The molecule has 5 heteroatoms. The number of para-hydroxylation sites is 1. The first-order chi connectivity index (χ1) is 9.63. The molecule has 108 valence electrons. The molecule has 0 spiro atoms. The lowest BCUT2D eigenvalue weighted by Gasteiger charge is -2.23. The molecule has 1 unspecified atom stereocenters. The number of nitrogens with two attached hydrogens (primary N) is 1. The summed E-state index contributed by atoms with van der Waals surface area (Å²) in [4.78, 5) is 25.8. The number of hydrogen-bond acceptors (Lipinski definition) is 4. The summed E-state index contributed by atoms with van der Waals surface area (Å²) in [6.07, 6.45) is 1.73. The van der Waals surface area contributed by atoms with E-state index in [4.69, 9.17) is 10.5 Å². The molecular formula is C15H20N2O3. The second kappa shape index (κ2) is 6.41. The highest BCUT2D eigenvalue weighted by Gasteiger charge is 2.34. The van der Waals surface area contributed by atoms with Gasteiger partial charge in [0.1, 0.15) is 6.04 Å². The lowest BCUT2D eigenvalue weighted by molar-refractivity contribution is -0.152. The number of esters is 1. The number of rotatable bonds is 4. The van der Waals surface area contributed by atoms with Gasteiger partial charge in [0.15, 0.2) is 0 Å². The number of ether oxygens (including phenoxy) is 1. The molecule has 1 saturated heterocycles. The molecule has 20 heavy (non-hydrogen) atoms. The molecule has 1 aliphatic heterocycles. The second-order valence-electron chi connectivity index (χ2n) is 4.87. The fourth-order valence-electron chi connectivity index (χ4n) is 2.51. The van der Waals surface area contributed by atoms with Crippen LogP contribution in [-0.2, 0) is 20.7 Å². The van der Waals surface area contributed by atoms with Crippen molar-refractivity contribution in [2.24, 2.45) is 0 Å². The van der Waals surface area contributed by atoms with Gasteiger partial charge in [0.05, 0.1) is 13.0 Å². The molecule has 5 nitrogen and oxygen atoms in total. The predicted octanol–water partition coefficient (Wildman–Crippen LogP) is 1.37. The Morgan fingerprint density at radius 1 is 1.40 bits per heavy atom. The first kappa shape index (κ1) is 14.4. The van der Waals surface area contributed by atoms with Crippen molar-refractivity contribution < 1.29 is 14.3 Å². The monoisotopic (exact) mass is 276 g/mol. The van der Waals surface area contributed by atoms with Crippen LogP contribution in [0.15, 0.2) is 24.3 Å². The van der Waals surface area contributed by atoms with Crippen LogP contribution in [0.25, 0.3) is 0 Å². The Hall–Kier alpha value is -2.04. The highest BCUT2D eigenvalue weighted by molar-refractivity contribution is 5.87. The normalized spacial score (nSPS) is 18.1. The average molecular weight is 276 g/mol. The maximum atomic E-state index is 12.3. The van der Waals surface area contributed by atoms with Crippen LogP contribution in [0.3, 0.4) is 0 Å². The molecule has 0 aromatic heterocycles. The number of nitrogen functional groups attached to an aromatic ring is 1. The van der Waals surface area contributed by atoms with Gasteiger partial charge in [-0.05, 0) is 31.4 Å². The van der Waals surface area contributed by atoms with E-state index in [1.54, 1.807) is 17.9 Å². The number of nitrogens with zero attached hydrogens (tertiary/aromatic N) is 1. The van der Waals surface area contributed by atoms with Crippen LogP contribution in [0.1, 0.15) is 25.3 Å². The molecular weight excluding hydrogens is 256 g/mol. The molecule has 0 radical (unpaired) electrons. The van der Waals surface area contributed by atoms with Gasteiger partial charge >= 0.3 is 5.97 Å². The Kier molecular flexibility index (Phi) is 4.61. The van der Waals surface area contributed by atoms with Gasteiger partial charge in [-0.2, -0.15) is 0 Å². The first-order valence-corrected chi connectivity index (χ1v) is 6.93. The molecule has 1 heterocycles. The summed E-state index contributed by atoms with van der Waals surface area (Å²) < 4.78 is 5.02. The predicted molar refractivity (Wildman–Crippen MR) is 75.9 cm³/mol. The van der Waals surface area contributed by atoms with Crippen LogP contribution in [0.5, 0.6) is 0 Å². The van der Waals surface area contributed by atoms with Gasteiger partial charge < -0.3 is 15.4 Å². The highest BCUT2D eigenvalue weighted by atomic mass is 16.5. The standard InChI is InChI=1S/C15H20N2O3/c1-2-20-15(19)13-8-5-9-17(13)14(18)10-11-6-3-4-7-12(11)16/h3-4,6-7,13H,2,5,8-10,16H2,1H3. The minimum absolute atomic E-state index is 0.0709. The quantitative estimate of drug-likeness (QED) is 0.666. The van der Waals surface area contributed by atoms with Gasteiger partial charge in [-0.3, -0.25) is 4.79 Å². The summed E-state index contributed by atoms with van der Waals surface area (Å²) in [6, 6.07) is 6.86. The van der Waals surface area contributed by atoms with E-state index in [0.29, 0.717) is 25.3 Å². The first-order valence-electron chi connectivity index (χ1n) is 6.93. The van der Waals surface area contributed by atoms with E-state index < -0.39 is 6.04 Å². The van der Waals surface area contributed by atoms with E-state index in [9.17, 15) is 9.59 Å². The van der Waals surface area contributed by atoms with Gasteiger partial charge in [0, 0.05) is 12.2 Å². The van der Waals surface area contributed by atoms with Crippen LogP contribution >= 0.6 is 0 Å². The van der Waals surface area contributed by atoms with E-state index in [1.807, 2.05) is 18.2 Å². The molecule has 1 fully saturated rings. The van der Waals surface area contributed by atoms with Crippen molar-refractivity contribution >= 4 is 17.6 Å². The number of hydrogen-bond donors (Lipinski definition) is 1. The SMILES string of the molecule is CCOC(=O)C1CCCN1C(=O)Cc1ccccc1N. The molecule has 2 rings (SSSR count). The Bertz CT molecular complexity index is 502. The van der Waals surface area contributed by atoms with Gasteiger partial charge in [0.2, 0.25) is 5.91 Å². The van der Waals surface area contributed by atoms with E-state index in [0.717, 1.165) is 12.0 Å². The molecule has 1 aliphatic rings. The number of amides is 1. The van der Waals surface area contributed by atoms with Crippen LogP contribution in [0.2, 0.25) is 0 Å².